The lowest BCUT2D eigenvalue weighted by Gasteiger charge is -2.21. The zero-order chi connectivity index (χ0) is 33.4. The highest BCUT2D eigenvalue weighted by atomic mass is 16.3. The number of aromatic nitrogens is 4. The second-order valence-electron chi connectivity index (χ2n) is 13.5. The van der Waals surface area contributed by atoms with Crippen molar-refractivity contribution in [3.05, 3.63) is 157 Å². The van der Waals surface area contributed by atoms with Gasteiger partial charge in [0.2, 0.25) is 0 Å². The molecule has 3 aromatic heterocycles. The number of furan rings is 1. The van der Waals surface area contributed by atoms with Crippen LogP contribution in [0, 0.1) is 0 Å². The van der Waals surface area contributed by atoms with Gasteiger partial charge in [-0.05, 0) is 40.5 Å². The van der Waals surface area contributed by atoms with Gasteiger partial charge in [0.05, 0.1) is 5.52 Å². The van der Waals surface area contributed by atoms with Crippen LogP contribution in [0.3, 0.4) is 0 Å². The third-order valence-corrected chi connectivity index (χ3v) is 10.1. The Morgan fingerprint density at radius 3 is 1.84 bits per heavy atom. The van der Waals surface area contributed by atoms with Gasteiger partial charge in [0.25, 0.3) is 0 Å². The van der Waals surface area contributed by atoms with Crippen molar-refractivity contribution >= 4 is 32.8 Å². The number of rotatable bonds is 4. The Morgan fingerprint density at radius 2 is 1.04 bits per heavy atom. The zero-order valence-electron chi connectivity index (χ0n) is 27.6. The largest absolute Gasteiger partial charge is 0.454 e. The Hall–Kier alpha value is -6.46. The molecule has 0 atom stereocenters. The third-order valence-electron chi connectivity index (χ3n) is 10.1. The first-order valence-corrected chi connectivity index (χ1v) is 16.9. The smallest absolute Gasteiger partial charge is 0.164 e. The number of hydrogen-bond acceptors (Lipinski definition) is 5. The predicted molar refractivity (Wildman–Crippen MR) is 202 cm³/mol. The van der Waals surface area contributed by atoms with Gasteiger partial charge in [-0.15, -0.1) is 0 Å². The molecule has 50 heavy (non-hydrogen) atoms. The first kappa shape index (κ1) is 28.5. The van der Waals surface area contributed by atoms with Crippen molar-refractivity contribution in [3.63, 3.8) is 0 Å². The van der Waals surface area contributed by atoms with Gasteiger partial charge in [-0.2, -0.15) is 0 Å². The molecule has 5 heteroatoms. The van der Waals surface area contributed by atoms with E-state index < -0.39 is 0 Å². The molecule has 6 aromatic carbocycles. The van der Waals surface area contributed by atoms with E-state index in [9.17, 15) is 0 Å². The highest BCUT2D eigenvalue weighted by molar-refractivity contribution is 6.20. The van der Waals surface area contributed by atoms with Crippen molar-refractivity contribution in [2.45, 2.75) is 19.3 Å². The maximum atomic E-state index is 6.46. The summed E-state index contributed by atoms with van der Waals surface area (Å²) in [6, 6.07) is 50.1. The summed E-state index contributed by atoms with van der Waals surface area (Å²) in [5.41, 5.74) is 12.2. The molecule has 1 aliphatic carbocycles. The van der Waals surface area contributed by atoms with Crippen molar-refractivity contribution in [1.82, 2.24) is 19.9 Å². The normalized spacial score (nSPS) is 13.2. The Labute approximate surface area is 289 Å². The number of pyridine rings is 1. The zero-order valence-corrected chi connectivity index (χ0v) is 27.6. The summed E-state index contributed by atoms with van der Waals surface area (Å²) in [6.45, 7) is 4.58. The minimum absolute atomic E-state index is 0.127. The van der Waals surface area contributed by atoms with E-state index in [1.54, 1.807) is 0 Å². The standard InChI is InChI=1S/C45H30N4O/c1-45(2)35-17-9-6-14-31(35)32-25-24-30(26-36(32)45)44-48-42(28-12-4-3-5-13-28)47-43(49-44)29-22-20-27(21-23-29)40-41-39(33-15-7-10-18-37(33)46-40)34-16-8-11-19-38(34)50-41/h3-26H,1-2H3. The predicted octanol–water partition coefficient (Wildman–Crippen LogP) is 11.3. The maximum Gasteiger partial charge on any atom is 0.164 e. The molecule has 236 valence electrons. The van der Waals surface area contributed by atoms with Crippen molar-refractivity contribution in [3.8, 4) is 56.5 Å². The third kappa shape index (κ3) is 4.33. The highest BCUT2D eigenvalue weighted by Gasteiger charge is 2.35. The van der Waals surface area contributed by atoms with Gasteiger partial charge in [0, 0.05) is 43.8 Å². The van der Waals surface area contributed by atoms with Crippen LogP contribution in [0.5, 0.6) is 0 Å². The van der Waals surface area contributed by atoms with E-state index >= 15 is 0 Å². The topological polar surface area (TPSA) is 64.7 Å². The van der Waals surface area contributed by atoms with Crippen LogP contribution in [0.25, 0.3) is 89.4 Å². The molecular weight excluding hydrogens is 613 g/mol. The Balaban J connectivity index is 1.11. The fourth-order valence-electron chi connectivity index (χ4n) is 7.60. The molecule has 0 N–H and O–H groups in total. The number of nitrogens with zero attached hydrogens (tertiary/aromatic N) is 4. The van der Waals surface area contributed by atoms with E-state index in [0.717, 1.165) is 60.8 Å². The average Bonchev–Trinajstić information content (AvgIpc) is 3.67. The highest BCUT2D eigenvalue weighted by Crippen LogP contribution is 2.49. The van der Waals surface area contributed by atoms with E-state index in [1.165, 1.54) is 22.3 Å². The number of para-hydroxylation sites is 2. The average molecular weight is 643 g/mol. The minimum atomic E-state index is -0.127. The first-order valence-electron chi connectivity index (χ1n) is 16.9. The van der Waals surface area contributed by atoms with Crippen LogP contribution in [-0.2, 0) is 5.41 Å². The van der Waals surface area contributed by atoms with Crippen LogP contribution in [-0.4, -0.2) is 19.9 Å². The summed E-state index contributed by atoms with van der Waals surface area (Å²) < 4.78 is 6.46. The Morgan fingerprint density at radius 1 is 0.460 bits per heavy atom. The van der Waals surface area contributed by atoms with E-state index in [1.807, 2.05) is 48.5 Å². The number of fused-ring (bicyclic) bond motifs is 8. The molecule has 10 rings (SSSR count). The van der Waals surface area contributed by atoms with Crippen molar-refractivity contribution in [1.29, 1.82) is 0 Å². The van der Waals surface area contributed by atoms with E-state index in [0.29, 0.717) is 17.5 Å². The molecule has 0 bridgehead atoms. The van der Waals surface area contributed by atoms with Crippen LogP contribution >= 0.6 is 0 Å². The summed E-state index contributed by atoms with van der Waals surface area (Å²) in [5, 5.41) is 3.25. The summed E-state index contributed by atoms with van der Waals surface area (Å²) in [7, 11) is 0. The molecule has 0 fully saturated rings. The van der Waals surface area contributed by atoms with E-state index in [-0.39, 0.29) is 5.41 Å². The van der Waals surface area contributed by atoms with Gasteiger partial charge >= 0.3 is 0 Å². The summed E-state index contributed by atoms with van der Waals surface area (Å²) in [5.74, 6) is 1.90. The molecule has 0 saturated carbocycles. The van der Waals surface area contributed by atoms with Gasteiger partial charge in [0.15, 0.2) is 23.1 Å². The molecule has 9 aromatic rings. The lowest BCUT2D eigenvalue weighted by Crippen LogP contribution is -2.15. The van der Waals surface area contributed by atoms with Crippen LogP contribution in [0.1, 0.15) is 25.0 Å². The van der Waals surface area contributed by atoms with Gasteiger partial charge in [-0.3, -0.25) is 0 Å². The molecule has 3 heterocycles. The van der Waals surface area contributed by atoms with Crippen molar-refractivity contribution in [2.75, 3.05) is 0 Å². The summed E-state index contributed by atoms with van der Waals surface area (Å²) >= 11 is 0. The van der Waals surface area contributed by atoms with Gasteiger partial charge in [-0.1, -0.05) is 141 Å². The molecule has 0 radical (unpaired) electrons. The van der Waals surface area contributed by atoms with Crippen LogP contribution in [0.15, 0.2) is 150 Å². The molecular formula is C45H30N4O. The summed E-state index contributed by atoms with van der Waals surface area (Å²) in [4.78, 5) is 20.2. The number of benzene rings is 6. The second kappa shape index (κ2) is 10.8. The Kier molecular flexibility index (Phi) is 6.15. The van der Waals surface area contributed by atoms with Crippen LogP contribution < -0.4 is 0 Å². The molecule has 0 spiro atoms. The monoisotopic (exact) mass is 642 g/mol. The first-order chi connectivity index (χ1) is 24.5. The lowest BCUT2D eigenvalue weighted by atomic mass is 9.82. The molecule has 0 saturated heterocycles. The fourth-order valence-corrected chi connectivity index (χ4v) is 7.60. The van der Waals surface area contributed by atoms with Gasteiger partial charge in [0.1, 0.15) is 11.3 Å². The van der Waals surface area contributed by atoms with Gasteiger partial charge < -0.3 is 4.42 Å². The Bertz CT molecular complexity index is 2780. The van der Waals surface area contributed by atoms with E-state index in [4.69, 9.17) is 24.4 Å². The SMILES string of the molecule is CC1(C)c2ccccc2-c2ccc(-c3nc(-c4ccccc4)nc(-c4ccc(-c5nc6ccccc6c6c5oc5ccccc56)cc4)n3)cc21. The van der Waals surface area contributed by atoms with Gasteiger partial charge in [-0.25, -0.2) is 19.9 Å². The molecule has 5 nitrogen and oxygen atoms in total. The molecule has 0 unspecified atom stereocenters. The maximum absolute atomic E-state index is 6.46. The van der Waals surface area contributed by atoms with Crippen LogP contribution in [0.2, 0.25) is 0 Å². The van der Waals surface area contributed by atoms with Crippen molar-refractivity contribution in [2.24, 2.45) is 0 Å². The summed E-state index contributed by atoms with van der Waals surface area (Å²) in [6.07, 6.45) is 0. The number of hydrogen-bond donors (Lipinski definition) is 0. The van der Waals surface area contributed by atoms with Crippen LogP contribution in [0.4, 0.5) is 0 Å². The van der Waals surface area contributed by atoms with E-state index in [2.05, 4.69) is 111 Å². The second-order valence-corrected chi connectivity index (χ2v) is 13.5. The molecule has 0 aliphatic heterocycles. The quantitative estimate of drug-likeness (QED) is 0.191. The lowest BCUT2D eigenvalue weighted by molar-refractivity contribution is 0.660. The molecule has 1 aliphatic rings. The fraction of sp³-hybridized carbons (Fsp3) is 0.0667. The minimum Gasteiger partial charge on any atom is -0.454 e. The molecule has 0 amide bonds. The van der Waals surface area contributed by atoms with Crippen molar-refractivity contribution < 1.29 is 4.42 Å².